The van der Waals surface area contributed by atoms with Gasteiger partial charge in [-0.2, -0.15) is 0 Å². The maximum absolute atomic E-state index is 8.25. The van der Waals surface area contributed by atoms with Gasteiger partial charge in [-0.25, -0.2) is 0 Å². The number of aliphatic hydroxyl groups is 2. The summed E-state index contributed by atoms with van der Waals surface area (Å²) in [5.41, 5.74) is 0. The summed E-state index contributed by atoms with van der Waals surface area (Å²) in [6.45, 7) is 1.22. The highest BCUT2D eigenvalue weighted by Crippen LogP contribution is 1.96. The fourth-order valence-electron chi connectivity index (χ4n) is 0. The van der Waals surface area contributed by atoms with Crippen molar-refractivity contribution in [2.24, 2.45) is 0 Å². The van der Waals surface area contributed by atoms with E-state index in [2.05, 4.69) is 0 Å². The minimum Gasteiger partial charge on any atom is -0.365 e. The minimum atomic E-state index is -1.69. The second-order valence-electron chi connectivity index (χ2n) is 1.35. The molecule has 3 nitrogen and oxygen atoms in total. The van der Waals surface area contributed by atoms with Crippen LogP contribution >= 0.6 is 11.6 Å². The Kier molecular flexibility index (Phi) is 4.68. The lowest BCUT2D eigenvalue weighted by Gasteiger charge is -2.08. The Balaban J connectivity index is 0. The summed E-state index contributed by atoms with van der Waals surface area (Å²) in [6.07, 6.45) is 0. The van der Waals surface area contributed by atoms with Gasteiger partial charge in [0.1, 0.15) is 0 Å². The molecule has 0 saturated heterocycles. The number of rotatable bonds is 1. The molecule has 0 spiro atoms. The molecule has 0 fully saturated rings. The molecule has 0 aliphatic carbocycles. The predicted octanol–water partition coefficient (Wildman–Crippen LogP) is 0.0880. The average molecular weight is 128 g/mol. The summed E-state index contributed by atoms with van der Waals surface area (Å²) in [6, 6.07) is 0. The Morgan fingerprint density at radius 3 is 1.71 bits per heavy atom. The number of alkyl halides is 1. The van der Waals surface area contributed by atoms with Crippen LogP contribution in [0.15, 0.2) is 0 Å². The lowest BCUT2D eigenvalue weighted by molar-refractivity contribution is -0.124. The van der Waals surface area contributed by atoms with Crippen LogP contribution in [0.1, 0.15) is 6.92 Å². The number of hydrogen-bond acceptors (Lipinski definition) is 3. The van der Waals surface area contributed by atoms with Gasteiger partial charge >= 0.3 is 0 Å². The van der Waals surface area contributed by atoms with Crippen LogP contribution in [0, 0.1) is 0 Å². The van der Waals surface area contributed by atoms with Crippen molar-refractivity contribution in [2.75, 3.05) is 5.88 Å². The third-order valence-electron chi connectivity index (χ3n) is 0.253. The number of halogens is 1. The van der Waals surface area contributed by atoms with Crippen molar-refractivity contribution >= 4 is 11.6 Å². The van der Waals surface area contributed by atoms with Gasteiger partial charge in [0.25, 0.3) is 0 Å². The largest absolute Gasteiger partial charge is 0.365 e. The van der Waals surface area contributed by atoms with Crippen molar-refractivity contribution < 1.29 is 10.2 Å². The Labute approximate surface area is 47.5 Å². The van der Waals surface area contributed by atoms with Gasteiger partial charge in [0.15, 0.2) is 5.79 Å². The highest BCUT2D eigenvalue weighted by molar-refractivity contribution is 6.18. The first-order valence-corrected chi connectivity index (χ1v) is 2.10. The second-order valence-corrected chi connectivity index (χ2v) is 1.62. The normalized spacial score (nSPS) is 10.3. The third kappa shape index (κ3) is 10.7. The van der Waals surface area contributed by atoms with Crippen molar-refractivity contribution in [2.45, 2.75) is 12.7 Å². The maximum atomic E-state index is 8.25. The topological polar surface area (TPSA) is 75.5 Å². The standard InChI is InChI=1S/C3H7ClO2.H3N/c1-3(5,6)2-4;/h5-6H,2H2,1H3;1H3. The van der Waals surface area contributed by atoms with Crippen LogP contribution in [0.4, 0.5) is 0 Å². The van der Waals surface area contributed by atoms with E-state index in [-0.39, 0.29) is 12.0 Å². The van der Waals surface area contributed by atoms with E-state index >= 15 is 0 Å². The summed E-state index contributed by atoms with van der Waals surface area (Å²) in [5, 5.41) is 16.5. The predicted molar refractivity (Wildman–Crippen MR) is 28.6 cm³/mol. The summed E-state index contributed by atoms with van der Waals surface area (Å²) < 4.78 is 0. The van der Waals surface area contributed by atoms with Gasteiger partial charge in [0.05, 0.1) is 5.88 Å². The van der Waals surface area contributed by atoms with Crippen LogP contribution in [-0.2, 0) is 0 Å². The molecule has 0 aromatic carbocycles. The Hall–Kier alpha value is 0.170. The molecule has 0 radical (unpaired) electrons. The molecule has 0 aliphatic rings. The molecule has 4 heteroatoms. The smallest absolute Gasteiger partial charge is 0.173 e. The zero-order valence-corrected chi connectivity index (χ0v) is 4.94. The van der Waals surface area contributed by atoms with E-state index < -0.39 is 5.79 Å². The average Bonchev–Trinajstić information content (AvgIpc) is 1.35. The van der Waals surface area contributed by atoms with Gasteiger partial charge in [-0.3, -0.25) is 0 Å². The molecular formula is C3H10ClNO2. The van der Waals surface area contributed by atoms with Crippen LogP contribution in [0.5, 0.6) is 0 Å². The summed E-state index contributed by atoms with van der Waals surface area (Å²) in [5.74, 6) is -1.84. The maximum Gasteiger partial charge on any atom is 0.173 e. The summed E-state index contributed by atoms with van der Waals surface area (Å²) in [7, 11) is 0. The van der Waals surface area contributed by atoms with E-state index in [0.29, 0.717) is 0 Å². The van der Waals surface area contributed by atoms with E-state index in [0.717, 1.165) is 0 Å². The van der Waals surface area contributed by atoms with Crippen LogP contribution in [-0.4, -0.2) is 21.9 Å². The molecule has 0 bridgehead atoms. The van der Waals surface area contributed by atoms with E-state index in [9.17, 15) is 0 Å². The molecule has 5 N–H and O–H groups in total. The first-order valence-electron chi connectivity index (χ1n) is 1.57. The first kappa shape index (κ1) is 10.2. The molecular weight excluding hydrogens is 117 g/mol. The van der Waals surface area contributed by atoms with Crippen LogP contribution < -0.4 is 6.15 Å². The molecule has 0 aromatic heterocycles. The fourth-order valence-corrected chi connectivity index (χ4v) is 0. The highest BCUT2D eigenvalue weighted by Gasteiger charge is 2.10. The zero-order chi connectivity index (χ0) is 5.21. The molecule has 0 unspecified atom stereocenters. The van der Waals surface area contributed by atoms with Crippen LogP contribution in [0.3, 0.4) is 0 Å². The molecule has 0 amide bonds. The Morgan fingerprint density at radius 1 is 1.57 bits per heavy atom. The highest BCUT2D eigenvalue weighted by atomic mass is 35.5. The Morgan fingerprint density at radius 2 is 1.71 bits per heavy atom. The Bertz CT molecular complexity index is 42.7. The minimum absolute atomic E-state index is 0. The van der Waals surface area contributed by atoms with Crippen LogP contribution in [0.25, 0.3) is 0 Å². The van der Waals surface area contributed by atoms with Crippen molar-refractivity contribution in [3.05, 3.63) is 0 Å². The molecule has 7 heavy (non-hydrogen) atoms. The van der Waals surface area contributed by atoms with Gasteiger partial charge in [-0.15, -0.1) is 11.6 Å². The zero-order valence-electron chi connectivity index (χ0n) is 4.19. The fraction of sp³-hybridized carbons (Fsp3) is 1.00. The molecule has 46 valence electrons. The second kappa shape index (κ2) is 3.21. The van der Waals surface area contributed by atoms with E-state index in [1.807, 2.05) is 0 Å². The lowest BCUT2D eigenvalue weighted by atomic mass is 10.4. The molecule has 0 rings (SSSR count). The van der Waals surface area contributed by atoms with Crippen molar-refractivity contribution in [1.82, 2.24) is 6.15 Å². The van der Waals surface area contributed by atoms with Crippen molar-refractivity contribution in [3.8, 4) is 0 Å². The molecule has 0 atom stereocenters. The van der Waals surface area contributed by atoms with Crippen LogP contribution in [0.2, 0.25) is 0 Å². The van der Waals surface area contributed by atoms with E-state index in [1.165, 1.54) is 6.92 Å². The molecule has 0 saturated carbocycles. The van der Waals surface area contributed by atoms with Crippen molar-refractivity contribution in [1.29, 1.82) is 0 Å². The molecule has 0 heterocycles. The van der Waals surface area contributed by atoms with Gasteiger partial charge in [-0.05, 0) is 6.92 Å². The van der Waals surface area contributed by atoms with Gasteiger partial charge in [-0.1, -0.05) is 0 Å². The monoisotopic (exact) mass is 127 g/mol. The molecule has 0 aliphatic heterocycles. The summed E-state index contributed by atoms with van der Waals surface area (Å²) >= 11 is 4.98. The molecule has 0 aromatic rings. The summed E-state index contributed by atoms with van der Waals surface area (Å²) in [4.78, 5) is 0. The number of hydrogen-bond donors (Lipinski definition) is 3. The first-order chi connectivity index (χ1) is 2.56. The van der Waals surface area contributed by atoms with E-state index in [4.69, 9.17) is 21.8 Å². The van der Waals surface area contributed by atoms with E-state index in [1.54, 1.807) is 0 Å². The SMILES string of the molecule is CC(O)(O)CCl.N. The lowest BCUT2D eigenvalue weighted by Crippen LogP contribution is -2.24. The van der Waals surface area contributed by atoms with Crippen molar-refractivity contribution in [3.63, 3.8) is 0 Å². The van der Waals surface area contributed by atoms with Gasteiger partial charge in [0.2, 0.25) is 0 Å². The third-order valence-corrected chi connectivity index (χ3v) is 0.759. The van der Waals surface area contributed by atoms with Gasteiger partial charge in [0, 0.05) is 0 Å². The van der Waals surface area contributed by atoms with Gasteiger partial charge < -0.3 is 16.4 Å². The quantitative estimate of drug-likeness (QED) is 0.345.